The van der Waals surface area contributed by atoms with Gasteiger partial charge in [0.05, 0.1) is 19.6 Å². The Morgan fingerprint density at radius 3 is 2.12 bits per heavy atom. The van der Waals surface area contributed by atoms with E-state index in [1.807, 2.05) is 0 Å². The molecule has 2 unspecified atom stereocenters. The van der Waals surface area contributed by atoms with Gasteiger partial charge < -0.3 is 36.5 Å². The molecule has 0 amide bonds. The number of hydrogen-bond acceptors (Lipinski definition) is 10. The summed E-state index contributed by atoms with van der Waals surface area (Å²) in [5, 5.41) is 9.34. The van der Waals surface area contributed by atoms with E-state index in [-0.39, 0.29) is 85.3 Å². The Hall–Kier alpha value is -2.24. The Morgan fingerprint density at radius 1 is 0.854 bits per heavy atom. The van der Waals surface area contributed by atoms with Crippen molar-refractivity contribution in [2.75, 3.05) is 19.6 Å². The van der Waals surface area contributed by atoms with E-state index in [1.165, 1.54) is 0 Å². The fourth-order valence-corrected chi connectivity index (χ4v) is 9.68. The van der Waals surface area contributed by atoms with Gasteiger partial charge in [-0.05, 0) is 86.4 Å². The van der Waals surface area contributed by atoms with Gasteiger partial charge in [0.15, 0.2) is 0 Å². The second kappa shape index (κ2) is 12.6. The molecule has 11 heteroatoms. The fraction of sp³-hybridized carbons (Fsp3) is 0.867. The molecule has 11 atom stereocenters. The van der Waals surface area contributed by atoms with Crippen molar-refractivity contribution in [3.63, 3.8) is 0 Å². The lowest BCUT2D eigenvalue weighted by molar-refractivity contribution is -0.225. The predicted molar refractivity (Wildman–Crippen MR) is 149 cm³/mol. The fourth-order valence-electron chi connectivity index (χ4n) is 9.68. The molecule has 4 fully saturated rings. The van der Waals surface area contributed by atoms with Crippen LogP contribution >= 0.6 is 0 Å². The van der Waals surface area contributed by atoms with Gasteiger partial charge in [-0.2, -0.15) is 0 Å². The van der Waals surface area contributed by atoms with Crippen molar-refractivity contribution in [2.24, 2.45) is 63.5 Å². The number of rotatable bonds is 10. The lowest BCUT2D eigenvalue weighted by atomic mass is 9.43. The third-order valence-corrected chi connectivity index (χ3v) is 11.6. The first-order valence-corrected chi connectivity index (χ1v) is 15.3. The number of carbonyl (C=O) groups is 4. The molecule has 0 bridgehead atoms. The number of nitrogens with two attached hydrogens (primary N) is 3. The highest BCUT2D eigenvalue weighted by molar-refractivity contribution is 5.72. The molecule has 0 aromatic carbocycles. The lowest BCUT2D eigenvalue weighted by Gasteiger charge is -2.64. The molecule has 11 nitrogen and oxygen atoms in total. The third kappa shape index (κ3) is 5.99. The molecule has 0 aromatic heterocycles. The highest BCUT2D eigenvalue weighted by atomic mass is 16.6. The molecule has 4 aliphatic carbocycles. The van der Waals surface area contributed by atoms with Crippen LogP contribution in [0.25, 0.3) is 0 Å². The SMILES string of the molecule is C[C@H](CCC(=O)O)C1CC[C@H]2C3[C@H](OC(=O)CN)C[C@H]4C[C@H](OC(=O)CN)CC[C@]4(C)[C@H]3C[C@H](OC(=O)CN)[C@]12C. The summed E-state index contributed by atoms with van der Waals surface area (Å²) < 4.78 is 17.9. The van der Waals surface area contributed by atoms with Crippen molar-refractivity contribution >= 4 is 23.9 Å². The summed E-state index contributed by atoms with van der Waals surface area (Å²) in [6.45, 7) is 6.00. The predicted octanol–water partition coefficient (Wildman–Crippen LogP) is 1.98. The van der Waals surface area contributed by atoms with Gasteiger partial charge in [0.1, 0.15) is 18.3 Å². The Labute approximate surface area is 242 Å². The number of fused-ring (bicyclic) bond motifs is 5. The number of hydrogen-bond donors (Lipinski definition) is 4. The van der Waals surface area contributed by atoms with Gasteiger partial charge in [-0.25, -0.2) is 0 Å². The van der Waals surface area contributed by atoms with Crippen LogP contribution in [-0.2, 0) is 33.4 Å². The van der Waals surface area contributed by atoms with Gasteiger partial charge in [0.2, 0.25) is 0 Å². The Morgan fingerprint density at radius 2 is 1.49 bits per heavy atom. The van der Waals surface area contributed by atoms with Gasteiger partial charge in [-0.15, -0.1) is 0 Å². The van der Waals surface area contributed by atoms with Crippen LogP contribution in [0.1, 0.15) is 78.6 Å². The number of carbonyl (C=O) groups excluding carboxylic acids is 3. The van der Waals surface area contributed by atoms with Crippen molar-refractivity contribution in [1.29, 1.82) is 0 Å². The van der Waals surface area contributed by atoms with E-state index in [1.54, 1.807) is 0 Å². The average Bonchev–Trinajstić information content (AvgIpc) is 3.30. The summed E-state index contributed by atoms with van der Waals surface area (Å²) in [7, 11) is 0. The molecule has 41 heavy (non-hydrogen) atoms. The molecule has 0 spiro atoms. The molecule has 0 radical (unpaired) electrons. The zero-order valence-corrected chi connectivity index (χ0v) is 24.7. The van der Waals surface area contributed by atoms with E-state index in [2.05, 4.69) is 20.8 Å². The summed E-state index contributed by atoms with van der Waals surface area (Å²) in [4.78, 5) is 48.7. The topological polar surface area (TPSA) is 194 Å². The molecular formula is C30H49N3O8. The molecule has 7 N–H and O–H groups in total. The van der Waals surface area contributed by atoms with E-state index >= 15 is 0 Å². The maximum atomic E-state index is 12.7. The summed E-state index contributed by atoms with van der Waals surface area (Å²) in [5.74, 6) is -1.49. The number of ether oxygens (including phenoxy) is 3. The van der Waals surface area contributed by atoms with Crippen molar-refractivity contribution in [2.45, 2.75) is 96.9 Å². The van der Waals surface area contributed by atoms with Crippen molar-refractivity contribution in [1.82, 2.24) is 0 Å². The summed E-state index contributed by atoms with van der Waals surface area (Å²) in [6.07, 6.45) is 4.89. The van der Waals surface area contributed by atoms with Crippen LogP contribution in [0.15, 0.2) is 0 Å². The molecule has 0 aliphatic heterocycles. The van der Waals surface area contributed by atoms with Gasteiger partial charge in [-0.1, -0.05) is 20.8 Å². The van der Waals surface area contributed by atoms with E-state index in [9.17, 15) is 24.3 Å². The molecule has 4 aliphatic rings. The maximum absolute atomic E-state index is 12.7. The smallest absolute Gasteiger partial charge is 0.319 e. The van der Waals surface area contributed by atoms with E-state index in [0.717, 1.165) is 25.7 Å². The van der Waals surface area contributed by atoms with Crippen LogP contribution in [0.4, 0.5) is 0 Å². The van der Waals surface area contributed by atoms with E-state index in [4.69, 9.17) is 31.4 Å². The Balaban J connectivity index is 1.72. The van der Waals surface area contributed by atoms with Crippen LogP contribution in [0.5, 0.6) is 0 Å². The van der Waals surface area contributed by atoms with Crippen LogP contribution < -0.4 is 17.2 Å². The summed E-state index contributed by atoms with van der Waals surface area (Å²) >= 11 is 0. The van der Waals surface area contributed by atoms with Crippen LogP contribution in [0, 0.1) is 46.3 Å². The largest absolute Gasteiger partial charge is 0.481 e. The zero-order valence-electron chi connectivity index (χ0n) is 24.7. The number of aliphatic carboxylic acids is 1. The quantitative estimate of drug-likeness (QED) is 0.218. The number of carboxylic acid groups (broad SMARTS) is 1. The van der Waals surface area contributed by atoms with Gasteiger partial charge in [-0.3, -0.25) is 19.2 Å². The molecular weight excluding hydrogens is 530 g/mol. The molecule has 0 heterocycles. The minimum absolute atomic E-state index is 0.0457. The average molecular weight is 580 g/mol. The van der Waals surface area contributed by atoms with Crippen molar-refractivity contribution in [3.8, 4) is 0 Å². The Bertz CT molecular complexity index is 1010. The van der Waals surface area contributed by atoms with Crippen LogP contribution in [0.2, 0.25) is 0 Å². The number of esters is 3. The van der Waals surface area contributed by atoms with Crippen LogP contribution in [-0.4, -0.2) is 66.9 Å². The monoisotopic (exact) mass is 579 g/mol. The van der Waals surface area contributed by atoms with E-state index < -0.39 is 29.3 Å². The third-order valence-electron chi connectivity index (χ3n) is 11.6. The first-order valence-electron chi connectivity index (χ1n) is 15.3. The first-order chi connectivity index (χ1) is 19.4. The van der Waals surface area contributed by atoms with Gasteiger partial charge >= 0.3 is 23.9 Å². The number of carboxylic acids is 1. The van der Waals surface area contributed by atoms with Crippen molar-refractivity contribution < 1.29 is 38.5 Å². The zero-order chi connectivity index (χ0) is 30.1. The van der Waals surface area contributed by atoms with Crippen LogP contribution in [0.3, 0.4) is 0 Å². The second-order valence-corrected chi connectivity index (χ2v) is 13.4. The normalized spacial score (nSPS) is 40.3. The highest BCUT2D eigenvalue weighted by Gasteiger charge is 2.67. The Kier molecular flexibility index (Phi) is 9.70. The summed E-state index contributed by atoms with van der Waals surface area (Å²) in [6, 6.07) is 0. The van der Waals surface area contributed by atoms with Gasteiger partial charge in [0, 0.05) is 17.8 Å². The molecule has 4 rings (SSSR count). The molecule has 0 saturated heterocycles. The lowest BCUT2D eigenvalue weighted by Crippen LogP contribution is -2.63. The molecule has 232 valence electrons. The minimum Gasteiger partial charge on any atom is -0.481 e. The molecule has 4 saturated carbocycles. The molecule has 0 aromatic rings. The van der Waals surface area contributed by atoms with Gasteiger partial charge in [0.25, 0.3) is 0 Å². The van der Waals surface area contributed by atoms with Crippen molar-refractivity contribution in [3.05, 3.63) is 0 Å². The first kappa shape index (κ1) is 31.7. The minimum atomic E-state index is -0.820. The standard InChI is InChI=1S/C30H49N3O8/c1-16(4-7-24(34)35)19-5-6-20-28-21(12-23(30(19,20)3)41-27(38)15-33)29(2)9-8-18(39-25(36)13-31)10-17(29)11-22(28)40-26(37)14-32/h16-23,28H,4-15,31-33H2,1-3H3,(H,34,35)/t16-,17-,18-,19?,20+,21+,22-,23+,28?,29+,30-/m1/s1. The highest BCUT2D eigenvalue weighted by Crippen LogP contribution is 2.69. The second-order valence-electron chi connectivity index (χ2n) is 13.4. The maximum Gasteiger partial charge on any atom is 0.319 e. The summed E-state index contributed by atoms with van der Waals surface area (Å²) in [5.41, 5.74) is 16.3. The van der Waals surface area contributed by atoms with E-state index in [0.29, 0.717) is 25.7 Å².